The van der Waals surface area contributed by atoms with E-state index in [4.69, 9.17) is 0 Å². The molecule has 0 aliphatic heterocycles. The summed E-state index contributed by atoms with van der Waals surface area (Å²) in [5.41, 5.74) is 9.29. The summed E-state index contributed by atoms with van der Waals surface area (Å²) < 4.78 is 0. The van der Waals surface area contributed by atoms with Gasteiger partial charge in [0.1, 0.15) is 0 Å². The molecule has 2 nitrogen and oxygen atoms in total. The van der Waals surface area contributed by atoms with Gasteiger partial charge >= 0.3 is 0 Å². The van der Waals surface area contributed by atoms with E-state index in [2.05, 4.69) is 204 Å². The van der Waals surface area contributed by atoms with Crippen LogP contribution in [0.5, 0.6) is 0 Å². The van der Waals surface area contributed by atoms with Crippen molar-refractivity contribution in [2.45, 2.75) is 6.42 Å². The van der Waals surface area contributed by atoms with Crippen molar-refractivity contribution in [1.82, 2.24) is 0 Å². The summed E-state index contributed by atoms with van der Waals surface area (Å²) in [5.74, 6) is 0. The van der Waals surface area contributed by atoms with Crippen molar-refractivity contribution in [3.05, 3.63) is 199 Å². The van der Waals surface area contributed by atoms with Gasteiger partial charge in [-0.1, -0.05) is 121 Å². The van der Waals surface area contributed by atoms with E-state index < -0.39 is 0 Å². The fraction of sp³-hybridized carbons (Fsp3) is 0.0244. The topological polar surface area (TPSA) is 6.48 Å². The van der Waals surface area contributed by atoms with Crippen molar-refractivity contribution in [2.75, 3.05) is 9.80 Å². The third-order valence-electron chi connectivity index (χ3n) is 7.29. The molecule has 6 aromatic carbocycles. The molecule has 0 bridgehead atoms. The first-order valence-corrected chi connectivity index (χ1v) is 14.7. The summed E-state index contributed by atoms with van der Waals surface area (Å²) in [5, 5.41) is 0. The molecule has 0 aliphatic rings. The molecule has 0 saturated carbocycles. The SMILES string of the molecule is C(C=Cc1ccc(N(c2ccccc2)c2ccccc2)cc1)=CCc1ccc(N(c2ccccc2)c2ccccc2)cc1. The lowest BCUT2D eigenvalue weighted by Crippen LogP contribution is -2.09. The molecule has 43 heavy (non-hydrogen) atoms. The predicted molar refractivity (Wildman–Crippen MR) is 184 cm³/mol. The van der Waals surface area contributed by atoms with Crippen molar-refractivity contribution < 1.29 is 0 Å². The van der Waals surface area contributed by atoms with Crippen molar-refractivity contribution >= 4 is 40.2 Å². The Morgan fingerprint density at radius 1 is 0.349 bits per heavy atom. The Morgan fingerprint density at radius 2 is 0.698 bits per heavy atom. The van der Waals surface area contributed by atoms with Crippen LogP contribution in [0.4, 0.5) is 34.1 Å². The quantitative estimate of drug-likeness (QED) is 0.155. The van der Waals surface area contributed by atoms with Gasteiger partial charge in [0, 0.05) is 34.1 Å². The van der Waals surface area contributed by atoms with Gasteiger partial charge < -0.3 is 9.80 Å². The van der Waals surface area contributed by atoms with Crippen LogP contribution in [-0.4, -0.2) is 0 Å². The van der Waals surface area contributed by atoms with Gasteiger partial charge in [-0.3, -0.25) is 0 Å². The van der Waals surface area contributed by atoms with E-state index in [1.54, 1.807) is 0 Å². The third-order valence-corrected chi connectivity index (χ3v) is 7.29. The molecule has 0 aromatic heterocycles. The molecule has 0 heterocycles. The molecular weight excluding hydrogens is 520 g/mol. The molecule has 208 valence electrons. The highest BCUT2D eigenvalue weighted by atomic mass is 15.1. The first-order chi connectivity index (χ1) is 21.3. The minimum absolute atomic E-state index is 0.878. The first-order valence-electron chi connectivity index (χ1n) is 14.7. The van der Waals surface area contributed by atoms with E-state index in [0.29, 0.717) is 0 Å². The fourth-order valence-electron chi connectivity index (χ4n) is 5.17. The summed E-state index contributed by atoms with van der Waals surface area (Å²) >= 11 is 0. The number of hydrogen-bond acceptors (Lipinski definition) is 2. The zero-order valence-corrected chi connectivity index (χ0v) is 24.1. The molecular formula is C41H34N2. The van der Waals surface area contributed by atoms with Gasteiger partial charge in [-0.2, -0.15) is 0 Å². The van der Waals surface area contributed by atoms with Crippen molar-refractivity contribution in [1.29, 1.82) is 0 Å². The van der Waals surface area contributed by atoms with Crippen LogP contribution in [0.1, 0.15) is 11.1 Å². The monoisotopic (exact) mass is 554 g/mol. The number of nitrogens with zero attached hydrogens (tertiary/aromatic N) is 2. The molecule has 0 radical (unpaired) electrons. The highest BCUT2D eigenvalue weighted by Crippen LogP contribution is 2.35. The number of para-hydroxylation sites is 4. The summed E-state index contributed by atoms with van der Waals surface area (Å²) in [7, 11) is 0. The fourth-order valence-corrected chi connectivity index (χ4v) is 5.17. The summed E-state index contributed by atoms with van der Waals surface area (Å²) in [6, 6.07) is 59.5. The lowest BCUT2D eigenvalue weighted by atomic mass is 10.1. The van der Waals surface area contributed by atoms with E-state index >= 15 is 0 Å². The molecule has 2 heteroatoms. The Hall–Kier alpha value is -5.60. The van der Waals surface area contributed by atoms with Crippen LogP contribution in [0.2, 0.25) is 0 Å². The Labute approximate surface area is 255 Å². The van der Waals surface area contributed by atoms with Crippen LogP contribution in [0, 0.1) is 0 Å². The summed E-state index contributed by atoms with van der Waals surface area (Å²) in [4.78, 5) is 4.56. The summed E-state index contributed by atoms with van der Waals surface area (Å²) in [6.07, 6.45) is 9.47. The van der Waals surface area contributed by atoms with Gasteiger partial charge in [-0.05, 0) is 90.3 Å². The van der Waals surface area contributed by atoms with Crippen LogP contribution >= 0.6 is 0 Å². The Balaban J connectivity index is 1.10. The largest absolute Gasteiger partial charge is 0.311 e. The highest BCUT2D eigenvalue weighted by Gasteiger charge is 2.12. The molecule has 0 N–H and O–H groups in total. The van der Waals surface area contributed by atoms with Gasteiger partial charge in [0.05, 0.1) is 0 Å². The number of anilines is 6. The maximum absolute atomic E-state index is 2.28. The second-order valence-electron chi connectivity index (χ2n) is 10.3. The average Bonchev–Trinajstić information content (AvgIpc) is 3.08. The molecule has 0 unspecified atom stereocenters. The van der Waals surface area contributed by atoms with Crippen LogP contribution in [0.25, 0.3) is 6.08 Å². The van der Waals surface area contributed by atoms with Crippen molar-refractivity contribution in [3.8, 4) is 0 Å². The van der Waals surface area contributed by atoms with Gasteiger partial charge in [-0.15, -0.1) is 0 Å². The van der Waals surface area contributed by atoms with E-state index in [9.17, 15) is 0 Å². The summed E-state index contributed by atoms with van der Waals surface area (Å²) in [6.45, 7) is 0. The second kappa shape index (κ2) is 13.8. The van der Waals surface area contributed by atoms with Crippen LogP contribution in [0.3, 0.4) is 0 Å². The molecule has 0 saturated heterocycles. The zero-order valence-electron chi connectivity index (χ0n) is 24.1. The molecule has 6 rings (SSSR count). The minimum atomic E-state index is 0.878. The van der Waals surface area contributed by atoms with E-state index in [-0.39, 0.29) is 0 Å². The lowest BCUT2D eigenvalue weighted by molar-refractivity contribution is 1.24. The van der Waals surface area contributed by atoms with Crippen LogP contribution < -0.4 is 9.80 Å². The average molecular weight is 555 g/mol. The first kappa shape index (κ1) is 27.6. The predicted octanol–water partition coefficient (Wildman–Crippen LogP) is 11.4. The van der Waals surface area contributed by atoms with Gasteiger partial charge in [-0.25, -0.2) is 0 Å². The zero-order chi connectivity index (χ0) is 29.1. The molecule has 0 fully saturated rings. The van der Waals surface area contributed by atoms with Crippen molar-refractivity contribution in [2.24, 2.45) is 0 Å². The maximum Gasteiger partial charge on any atom is 0.0462 e. The molecule has 0 spiro atoms. The molecule has 0 amide bonds. The number of hydrogen-bond donors (Lipinski definition) is 0. The second-order valence-corrected chi connectivity index (χ2v) is 10.3. The van der Waals surface area contributed by atoms with Crippen LogP contribution in [-0.2, 0) is 6.42 Å². The molecule has 6 aromatic rings. The molecule has 0 atom stereocenters. The normalized spacial score (nSPS) is 11.2. The Bertz CT molecular complexity index is 1660. The van der Waals surface area contributed by atoms with E-state index in [1.165, 1.54) is 11.1 Å². The van der Waals surface area contributed by atoms with Gasteiger partial charge in [0.2, 0.25) is 0 Å². The number of benzene rings is 6. The van der Waals surface area contributed by atoms with E-state index in [0.717, 1.165) is 40.5 Å². The number of rotatable bonds is 10. The molecule has 0 aliphatic carbocycles. The Morgan fingerprint density at radius 3 is 1.09 bits per heavy atom. The highest BCUT2D eigenvalue weighted by molar-refractivity contribution is 5.77. The van der Waals surface area contributed by atoms with E-state index in [1.807, 2.05) is 0 Å². The standard InChI is InChI=1S/C41H34N2/c1(6-16-34-26-30-40(31-27-34)42(36-18-8-2-9-19-36)37-20-10-3-11-21-37)7-17-35-28-32-41(33-29-35)43(38-22-12-4-13-23-38)39-24-14-5-15-25-39/h1-16,18-33H,17H2. The smallest absolute Gasteiger partial charge is 0.0462 e. The lowest BCUT2D eigenvalue weighted by Gasteiger charge is -2.25. The van der Waals surface area contributed by atoms with Crippen molar-refractivity contribution in [3.63, 3.8) is 0 Å². The third kappa shape index (κ3) is 7.01. The maximum atomic E-state index is 2.28. The number of allylic oxidation sites excluding steroid dienone is 3. The minimum Gasteiger partial charge on any atom is -0.311 e. The Kier molecular flexibility index (Phi) is 8.87. The van der Waals surface area contributed by atoms with Gasteiger partial charge in [0.25, 0.3) is 0 Å². The van der Waals surface area contributed by atoms with Gasteiger partial charge in [0.15, 0.2) is 0 Å². The van der Waals surface area contributed by atoms with Crippen LogP contribution in [0.15, 0.2) is 188 Å².